The number of benzene rings is 1. The smallest absolute Gasteiger partial charge is 0.308 e. The summed E-state index contributed by atoms with van der Waals surface area (Å²) < 4.78 is 1.78. The molecular weight excluding hydrogens is 294 g/mol. The second kappa shape index (κ2) is 6.24. The molecule has 1 atom stereocenters. The van der Waals surface area contributed by atoms with Crippen LogP contribution in [0.1, 0.15) is 29.4 Å². The van der Waals surface area contributed by atoms with Crippen molar-refractivity contribution in [2.24, 2.45) is 5.92 Å². The molecule has 0 saturated carbocycles. The topological polar surface area (TPSA) is 75.4 Å². The third kappa shape index (κ3) is 2.84. The van der Waals surface area contributed by atoms with Gasteiger partial charge in [-0.25, -0.2) is 4.68 Å². The molecule has 0 aliphatic carbocycles. The zero-order valence-electron chi connectivity index (χ0n) is 13.0. The molecule has 6 heteroatoms. The lowest BCUT2D eigenvalue weighted by Crippen LogP contribution is -2.30. The Kier molecular flexibility index (Phi) is 4.14. The van der Waals surface area contributed by atoms with E-state index in [1.54, 1.807) is 15.8 Å². The molecule has 1 aromatic carbocycles. The molecule has 1 aliphatic rings. The molecule has 23 heavy (non-hydrogen) atoms. The number of carbonyl (C=O) groups excluding carboxylic acids is 1. The first-order valence-corrected chi connectivity index (χ1v) is 7.76. The molecule has 1 aliphatic heterocycles. The minimum atomic E-state index is -0.837. The van der Waals surface area contributed by atoms with Crippen LogP contribution in [0, 0.1) is 5.92 Å². The van der Waals surface area contributed by atoms with Crippen LogP contribution in [-0.2, 0) is 11.2 Å². The molecule has 1 N–H and O–H groups in total. The summed E-state index contributed by atoms with van der Waals surface area (Å²) in [6.07, 6.45) is 2.77. The molecule has 6 nitrogen and oxygen atoms in total. The van der Waals surface area contributed by atoms with Gasteiger partial charge in [0.1, 0.15) is 0 Å². The average Bonchev–Trinajstić information content (AvgIpc) is 3.22. The highest BCUT2D eigenvalue weighted by atomic mass is 16.4. The van der Waals surface area contributed by atoms with Crippen LogP contribution in [0.4, 0.5) is 0 Å². The van der Waals surface area contributed by atoms with Gasteiger partial charge in [-0.15, -0.1) is 0 Å². The minimum Gasteiger partial charge on any atom is -0.481 e. The number of para-hydroxylation sites is 1. The van der Waals surface area contributed by atoms with Gasteiger partial charge in [0.25, 0.3) is 5.91 Å². The summed E-state index contributed by atoms with van der Waals surface area (Å²) in [5.74, 6) is -1.43. The Bertz CT molecular complexity index is 724. The fourth-order valence-electron chi connectivity index (χ4n) is 3.00. The summed E-state index contributed by atoms with van der Waals surface area (Å²) in [5, 5.41) is 13.4. The Morgan fingerprint density at radius 3 is 2.65 bits per heavy atom. The zero-order valence-corrected chi connectivity index (χ0v) is 13.0. The van der Waals surface area contributed by atoms with Crippen molar-refractivity contribution in [1.29, 1.82) is 0 Å². The molecule has 120 valence electrons. The summed E-state index contributed by atoms with van der Waals surface area (Å²) in [5.41, 5.74) is 2.32. The fourth-order valence-corrected chi connectivity index (χ4v) is 3.00. The van der Waals surface area contributed by atoms with E-state index in [-0.39, 0.29) is 12.5 Å². The van der Waals surface area contributed by atoms with Gasteiger partial charge < -0.3 is 10.0 Å². The Labute approximate surface area is 134 Å². The highest BCUT2D eigenvalue weighted by molar-refractivity contribution is 5.95. The molecule has 3 rings (SSSR count). The summed E-state index contributed by atoms with van der Waals surface area (Å²) in [7, 11) is 0. The first kappa shape index (κ1) is 15.3. The van der Waals surface area contributed by atoms with E-state index in [2.05, 4.69) is 5.10 Å². The number of carboxylic acids is 1. The van der Waals surface area contributed by atoms with Gasteiger partial charge in [-0.2, -0.15) is 5.10 Å². The molecule has 0 radical (unpaired) electrons. The van der Waals surface area contributed by atoms with Crippen molar-refractivity contribution in [3.63, 3.8) is 0 Å². The second-order valence-electron chi connectivity index (χ2n) is 5.68. The SMILES string of the molecule is CCc1c(C(=O)N2CC[C@@H](C(=O)O)C2)cnn1-c1ccccc1. The van der Waals surface area contributed by atoms with E-state index in [1.165, 1.54) is 0 Å². The van der Waals surface area contributed by atoms with Crippen LogP contribution in [0.2, 0.25) is 0 Å². The van der Waals surface area contributed by atoms with Gasteiger partial charge in [0.05, 0.1) is 29.1 Å². The average molecular weight is 313 g/mol. The van der Waals surface area contributed by atoms with Crippen LogP contribution >= 0.6 is 0 Å². The summed E-state index contributed by atoms with van der Waals surface area (Å²) in [6.45, 7) is 2.74. The predicted molar refractivity (Wildman–Crippen MR) is 84.6 cm³/mol. The van der Waals surface area contributed by atoms with Gasteiger partial charge in [0.15, 0.2) is 0 Å². The molecule has 1 saturated heterocycles. The fraction of sp³-hybridized carbons (Fsp3) is 0.353. The van der Waals surface area contributed by atoms with Gasteiger partial charge >= 0.3 is 5.97 Å². The van der Waals surface area contributed by atoms with E-state index in [9.17, 15) is 9.59 Å². The second-order valence-corrected chi connectivity index (χ2v) is 5.68. The van der Waals surface area contributed by atoms with Crippen LogP contribution in [-0.4, -0.2) is 44.8 Å². The van der Waals surface area contributed by atoms with Gasteiger partial charge in [-0.1, -0.05) is 25.1 Å². The van der Waals surface area contributed by atoms with Crippen molar-refractivity contribution in [3.8, 4) is 5.69 Å². The number of carboxylic acid groups (broad SMARTS) is 1. The number of amides is 1. The Balaban J connectivity index is 1.88. The van der Waals surface area contributed by atoms with E-state index < -0.39 is 11.9 Å². The number of hydrogen-bond acceptors (Lipinski definition) is 3. The van der Waals surface area contributed by atoms with Crippen LogP contribution in [0.5, 0.6) is 0 Å². The van der Waals surface area contributed by atoms with Crippen LogP contribution < -0.4 is 0 Å². The zero-order chi connectivity index (χ0) is 16.4. The van der Waals surface area contributed by atoms with E-state index in [4.69, 9.17) is 5.11 Å². The maximum atomic E-state index is 12.7. The maximum Gasteiger partial charge on any atom is 0.308 e. The lowest BCUT2D eigenvalue weighted by Gasteiger charge is -2.16. The quantitative estimate of drug-likeness (QED) is 0.936. The number of carbonyl (C=O) groups is 2. The van der Waals surface area contributed by atoms with E-state index in [0.717, 1.165) is 11.4 Å². The monoisotopic (exact) mass is 313 g/mol. The lowest BCUT2D eigenvalue weighted by atomic mass is 10.1. The molecule has 1 amide bonds. The van der Waals surface area contributed by atoms with Gasteiger partial charge in [0, 0.05) is 13.1 Å². The Morgan fingerprint density at radius 2 is 2.04 bits per heavy atom. The Morgan fingerprint density at radius 1 is 1.30 bits per heavy atom. The number of aliphatic carboxylic acids is 1. The largest absolute Gasteiger partial charge is 0.481 e. The highest BCUT2D eigenvalue weighted by Gasteiger charge is 2.32. The normalized spacial score (nSPS) is 17.4. The number of aromatic nitrogens is 2. The maximum absolute atomic E-state index is 12.7. The third-order valence-electron chi connectivity index (χ3n) is 4.26. The summed E-state index contributed by atoms with van der Waals surface area (Å²) in [6, 6.07) is 9.67. The number of rotatable bonds is 4. The number of hydrogen-bond donors (Lipinski definition) is 1. The van der Waals surface area contributed by atoms with E-state index >= 15 is 0 Å². The first-order chi connectivity index (χ1) is 11.1. The summed E-state index contributed by atoms with van der Waals surface area (Å²) in [4.78, 5) is 25.4. The first-order valence-electron chi connectivity index (χ1n) is 7.76. The minimum absolute atomic E-state index is 0.132. The molecule has 1 fully saturated rings. The third-order valence-corrected chi connectivity index (χ3v) is 4.26. The van der Waals surface area contributed by atoms with Gasteiger partial charge in [0.2, 0.25) is 0 Å². The number of nitrogens with zero attached hydrogens (tertiary/aromatic N) is 3. The van der Waals surface area contributed by atoms with Crippen LogP contribution in [0.3, 0.4) is 0 Å². The van der Waals surface area contributed by atoms with E-state index in [1.807, 2.05) is 37.3 Å². The lowest BCUT2D eigenvalue weighted by molar-refractivity contribution is -0.141. The molecule has 2 heterocycles. The van der Waals surface area contributed by atoms with Crippen molar-refractivity contribution in [1.82, 2.24) is 14.7 Å². The highest BCUT2D eigenvalue weighted by Crippen LogP contribution is 2.22. The van der Waals surface area contributed by atoms with Gasteiger partial charge in [-0.05, 0) is 25.0 Å². The van der Waals surface area contributed by atoms with Crippen molar-refractivity contribution >= 4 is 11.9 Å². The van der Waals surface area contributed by atoms with E-state index in [0.29, 0.717) is 24.9 Å². The van der Waals surface area contributed by atoms with Crippen molar-refractivity contribution in [2.75, 3.05) is 13.1 Å². The summed E-state index contributed by atoms with van der Waals surface area (Å²) >= 11 is 0. The van der Waals surface area contributed by atoms with Crippen molar-refractivity contribution < 1.29 is 14.7 Å². The van der Waals surface area contributed by atoms with Crippen molar-refractivity contribution in [2.45, 2.75) is 19.8 Å². The van der Waals surface area contributed by atoms with Crippen molar-refractivity contribution in [3.05, 3.63) is 47.8 Å². The standard InChI is InChI=1S/C17H19N3O3/c1-2-15-14(10-18-20(15)13-6-4-3-5-7-13)16(21)19-9-8-12(11-19)17(22)23/h3-7,10,12H,2,8-9,11H2,1H3,(H,22,23)/t12-/m1/s1. The Hall–Kier alpha value is -2.63. The molecule has 0 unspecified atom stereocenters. The number of likely N-dealkylation sites (tertiary alicyclic amines) is 1. The predicted octanol–water partition coefficient (Wildman–Crippen LogP) is 1.98. The van der Waals surface area contributed by atoms with Gasteiger partial charge in [-0.3, -0.25) is 9.59 Å². The molecule has 0 spiro atoms. The van der Waals surface area contributed by atoms with Crippen LogP contribution in [0.25, 0.3) is 5.69 Å². The molecular formula is C17H19N3O3. The molecule has 1 aromatic heterocycles. The van der Waals surface area contributed by atoms with Crippen LogP contribution in [0.15, 0.2) is 36.5 Å². The molecule has 0 bridgehead atoms. The molecule has 2 aromatic rings.